The van der Waals surface area contributed by atoms with Gasteiger partial charge in [0, 0.05) is 13.0 Å². The van der Waals surface area contributed by atoms with Gasteiger partial charge in [0.1, 0.15) is 0 Å². The van der Waals surface area contributed by atoms with E-state index in [1.807, 2.05) is 0 Å². The average Bonchev–Trinajstić information content (AvgIpc) is 2.41. The summed E-state index contributed by atoms with van der Waals surface area (Å²) in [7, 11) is 0. The highest BCUT2D eigenvalue weighted by atomic mass is 19.4. The molecule has 1 atom stereocenters. The average molecular weight is 304 g/mol. The molecule has 0 spiro atoms. The Labute approximate surface area is 121 Å². The molecule has 0 fully saturated rings. The van der Waals surface area contributed by atoms with Crippen LogP contribution < -0.4 is 11.1 Å². The van der Waals surface area contributed by atoms with Gasteiger partial charge in [-0.05, 0) is 37.1 Å². The Morgan fingerprint density at radius 1 is 1.33 bits per heavy atom. The lowest BCUT2D eigenvalue weighted by Gasteiger charge is -2.14. The maximum Gasteiger partial charge on any atom is 0.416 e. The van der Waals surface area contributed by atoms with Crippen LogP contribution in [0.4, 0.5) is 13.2 Å². The summed E-state index contributed by atoms with van der Waals surface area (Å²) in [6.07, 6.45) is -3.78. The quantitative estimate of drug-likeness (QED) is 0.643. The molecule has 0 radical (unpaired) electrons. The van der Waals surface area contributed by atoms with E-state index in [-0.39, 0.29) is 18.0 Å². The molecule has 1 amide bonds. The van der Waals surface area contributed by atoms with E-state index in [4.69, 9.17) is 5.73 Å². The number of primary amides is 1. The minimum absolute atomic E-state index is 0.151. The monoisotopic (exact) mass is 304 g/mol. The SMILES string of the molecule is NC(=O)CCCCNCC(O)c1cccc(C(F)(F)F)c1. The smallest absolute Gasteiger partial charge is 0.387 e. The van der Waals surface area contributed by atoms with Gasteiger partial charge in [0.05, 0.1) is 11.7 Å². The van der Waals surface area contributed by atoms with Gasteiger partial charge in [0.15, 0.2) is 0 Å². The topological polar surface area (TPSA) is 75.4 Å². The van der Waals surface area contributed by atoms with Gasteiger partial charge in [-0.2, -0.15) is 13.2 Å². The van der Waals surface area contributed by atoms with Crippen LogP contribution in [-0.4, -0.2) is 24.1 Å². The Morgan fingerprint density at radius 2 is 2.05 bits per heavy atom. The second kappa shape index (κ2) is 7.99. The molecule has 21 heavy (non-hydrogen) atoms. The summed E-state index contributed by atoms with van der Waals surface area (Å²) >= 11 is 0. The summed E-state index contributed by atoms with van der Waals surface area (Å²) in [5, 5.41) is 12.8. The molecule has 4 N–H and O–H groups in total. The van der Waals surface area contributed by atoms with Crippen molar-refractivity contribution >= 4 is 5.91 Å². The number of unbranched alkanes of at least 4 members (excludes halogenated alkanes) is 1. The van der Waals surface area contributed by atoms with E-state index in [9.17, 15) is 23.1 Å². The van der Waals surface area contributed by atoms with Gasteiger partial charge in [-0.1, -0.05) is 12.1 Å². The number of hydrogen-bond donors (Lipinski definition) is 3. The molecule has 0 saturated carbocycles. The van der Waals surface area contributed by atoms with Crippen molar-refractivity contribution in [1.29, 1.82) is 0 Å². The van der Waals surface area contributed by atoms with E-state index in [0.717, 1.165) is 12.1 Å². The fourth-order valence-electron chi connectivity index (χ4n) is 1.83. The number of aliphatic hydroxyl groups excluding tert-OH is 1. The van der Waals surface area contributed by atoms with Gasteiger partial charge in [0.2, 0.25) is 5.91 Å². The van der Waals surface area contributed by atoms with Crippen molar-refractivity contribution < 1.29 is 23.1 Å². The molecule has 4 nitrogen and oxygen atoms in total. The van der Waals surface area contributed by atoms with E-state index in [1.54, 1.807) is 0 Å². The Morgan fingerprint density at radius 3 is 2.67 bits per heavy atom. The number of aliphatic hydroxyl groups is 1. The number of amides is 1. The summed E-state index contributed by atoms with van der Waals surface area (Å²) in [5.74, 6) is -0.362. The third kappa shape index (κ3) is 6.59. The lowest BCUT2D eigenvalue weighted by atomic mass is 10.1. The van der Waals surface area contributed by atoms with Gasteiger partial charge in [-0.3, -0.25) is 4.79 Å². The summed E-state index contributed by atoms with van der Waals surface area (Å²) in [6.45, 7) is 0.710. The minimum Gasteiger partial charge on any atom is -0.387 e. The van der Waals surface area contributed by atoms with Crippen LogP contribution in [0, 0.1) is 0 Å². The van der Waals surface area contributed by atoms with Crippen molar-refractivity contribution in [3.05, 3.63) is 35.4 Å². The van der Waals surface area contributed by atoms with Crippen LogP contribution in [0.5, 0.6) is 0 Å². The first-order valence-corrected chi connectivity index (χ1v) is 6.65. The molecule has 0 aromatic heterocycles. The molecule has 0 heterocycles. The molecule has 0 aliphatic carbocycles. The van der Waals surface area contributed by atoms with Crippen molar-refractivity contribution in [3.63, 3.8) is 0 Å². The number of nitrogens with one attached hydrogen (secondary N) is 1. The number of halogens is 3. The molecular formula is C14H19F3N2O2. The van der Waals surface area contributed by atoms with Gasteiger partial charge in [0.25, 0.3) is 0 Å². The van der Waals surface area contributed by atoms with E-state index in [1.165, 1.54) is 12.1 Å². The molecule has 1 rings (SSSR count). The number of rotatable bonds is 8. The number of carbonyl (C=O) groups excluding carboxylic acids is 1. The Bertz CT molecular complexity index is 464. The number of benzene rings is 1. The highest BCUT2D eigenvalue weighted by molar-refractivity contribution is 5.73. The molecule has 0 bridgehead atoms. The van der Waals surface area contributed by atoms with Gasteiger partial charge in [-0.25, -0.2) is 0 Å². The molecular weight excluding hydrogens is 285 g/mol. The summed E-state index contributed by atoms with van der Waals surface area (Å²) in [4.78, 5) is 10.5. The van der Waals surface area contributed by atoms with Crippen LogP contribution in [0.3, 0.4) is 0 Å². The van der Waals surface area contributed by atoms with Crippen molar-refractivity contribution in [2.75, 3.05) is 13.1 Å². The Hall–Kier alpha value is -1.60. The number of hydrogen-bond acceptors (Lipinski definition) is 3. The summed E-state index contributed by atoms with van der Waals surface area (Å²) in [5.41, 5.74) is 4.43. The lowest BCUT2D eigenvalue weighted by Crippen LogP contribution is -2.23. The molecule has 118 valence electrons. The van der Waals surface area contributed by atoms with E-state index in [0.29, 0.717) is 25.8 Å². The predicted molar refractivity (Wildman–Crippen MR) is 72.3 cm³/mol. The molecule has 1 aromatic carbocycles. The summed E-state index contributed by atoms with van der Waals surface area (Å²) < 4.78 is 37.7. The molecule has 1 aromatic rings. The van der Waals surface area contributed by atoms with Crippen molar-refractivity contribution in [3.8, 4) is 0 Å². The molecule has 0 aliphatic heterocycles. The Balaban J connectivity index is 2.38. The van der Waals surface area contributed by atoms with E-state index in [2.05, 4.69) is 5.32 Å². The normalized spacial score (nSPS) is 13.1. The van der Waals surface area contributed by atoms with Crippen LogP contribution in [0.15, 0.2) is 24.3 Å². The minimum atomic E-state index is -4.42. The van der Waals surface area contributed by atoms with Crippen molar-refractivity contribution in [1.82, 2.24) is 5.32 Å². The van der Waals surface area contributed by atoms with Crippen LogP contribution in [0.2, 0.25) is 0 Å². The fraction of sp³-hybridized carbons (Fsp3) is 0.500. The second-order valence-electron chi connectivity index (χ2n) is 4.77. The fourth-order valence-corrected chi connectivity index (χ4v) is 1.83. The van der Waals surface area contributed by atoms with Gasteiger partial charge < -0.3 is 16.2 Å². The number of alkyl halides is 3. The van der Waals surface area contributed by atoms with Gasteiger partial charge >= 0.3 is 6.18 Å². The van der Waals surface area contributed by atoms with E-state index >= 15 is 0 Å². The molecule has 1 unspecified atom stereocenters. The number of carbonyl (C=O) groups is 1. The van der Waals surface area contributed by atoms with Crippen LogP contribution >= 0.6 is 0 Å². The van der Waals surface area contributed by atoms with E-state index < -0.39 is 17.8 Å². The zero-order valence-electron chi connectivity index (χ0n) is 11.5. The zero-order chi connectivity index (χ0) is 15.9. The first-order chi connectivity index (χ1) is 9.80. The second-order valence-corrected chi connectivity index (χ2v) is 4.77. The van der Waals surface area contributed by atoms with Crippen LogP contribution in [0.1, 0.15) is 36.5 Å². The highest BCUT2D eigenvalue weighted by Gasteiger charge is 2.30. The maximum atomic E-state index is 12.6. The van der Waals surface area contributed by atoms with Crippen molar-refractivity contribution in [2.45, 2.75) is 31.5 Å². The largest absolute Gasteiger partial charge is 0.416 e. The highest BCUT2D eigenvalue weighted by Crippen LogP contribution is 2.30. The van der Waals surface area contributed by atoms with Crippen LogP contribution in [0.25, 0.3) is 0 Å². The van der Waals surface area contributed by atoms with Crippen LogP contribution in [-0.2, 0) is 11.0 Å². The van der Waals surface area contributed by atoms with Crippen molar-refractivity contribution in [2.24, 2.45) is 5.73 Å². The standard InChI is InChI=1S/C14H19F3N2O2/c15-14(16,17)11-5-3-4-10(8-11)12(20)9-19-7-2-1-6-13(18)21/h3-5,8,12,19-20H,1-2,6-7,9H2,(H2,18,21). The number of nitrogens with two attached hydrogens (primary N) is 1. The molecule has 7 heteroatoms. The first kappa shape index (κ1) is 17.5. The first-order valence-electron chi connectivity index (χ1n) is 6.65. The predicted octanol–water partition coefficient (Wildman–Crippen LogP) is 1.98. The zero-order valence-corrected chi connectivity index (χ0v) is 11.5. The molecule has 0 saturated heterocycles. The summed E-state index contributed by atoms with van der Waals surface area (Å²) in [6, 6.07) is 4.63. The Kier molecular flexibility index (Phi) is 6.64. The van der Waals surface area contributed by atoms with Gasteiger partial charge in [-0.15, -0.1) is 0 Å². The third-order valence-corrected chi connectivity index (χ3v) is 2.96. The maximum absolute atomic E-state index is 12.6. The lowest BCUT2D eigenvalue weighted by molar-refractivity contribution is -0.137. The molecule has 0 aliphatic rings. The third-order valence-electron chi connectivity index (χ3n) is 2.96.